The Kier molecular flexibility index (Phi) is 5.78. The van der Waals surface area contributed by atoms with Gasteiger partial charge in [0.05, 0.1) is 5.56 Å². The average Bonchev–Trinajstić information content (AvgIpc) is 2.62. The molecular weight excluding hydrogens is 340 g/mol. The van der Waals surface area contributed by atoms with Crippen molar-refractivity contribution in [2.75, 3.05) is 31.1 Å². The molecule has 3 rings (SSSR count). The van der Waals surface area contributed by atoms with E-state index in [2.05, 4.69) is 10.3 Å². The first-order valence-corrected chi connectivity index (χ1v) is 9.40. The van der Waals surface area contributed by atoms with Gasteiger partial charge in [0.1, 0.15) is 11.0 Å². The van der Waals surface area contributed by atoms with Crippen molar-refractivity contribution >= 4 is 29.2 Å². The van der Waals surface area contributed by atoms with E-state index in [1.807, 2.05) is 9.80 Å². The predicted molar refractivity (Wildman–Crippen MR) is 98.1 cm³/mol. The molecule has 136 valence electrons. The van der Waals surface area contributed by atoms with Gasteiger partial charge in [0.2, 0.25) is 5.91 Å². The van der Waals surface area contributed by atoms with Gasteiger partial charge in [0.15, 0.2) is 0 Å². The molecule has 1 aliphatic carbocycles. The third kappa shape index (κ3) is 4.42. The maximum Gasteiger partial charge on any atom is 0.255 e. The number of carbonyl (C=O) groups is 2. The highest BCUT2D eigenvalue weighted by atomic mass is 35.5. The first-order valence-electron chi connectivity index (χ1n) is 9.02. The van der Waals surface area contributed by atoms with Gasteiger partial charge in [-0.1, -0.05) is 30.9 Å². The summed E-state index contributed by atoms with van der Waals surface area (Å²) in [6, 6.07) is 3.66. The number of hydrogen-bond acceptors (Lipinski definition) is 4. The van der Waals surface area contributed by atoms with E-state index in [4.69, 9.17) is 11.6 Å². The zero-order valence-corrected chi connectivity index (χ0v) is 15.4. The summed E-state index contributed by atoms with van der Waals surface area (Å²) >= 11 is 6.08. The van der Waals surface area contributed by atoms with Crippen molar-refractivity contribution in [2.24, 2.45) is 0 Å². The standard InChI is InChI=1S/C18H25ClN4O2/c1-13(24)22-9-11-23(12-10-22)17-15(7-8-16(19)21-17)18(25)20-14-5-3-2-4-6-14/h7-8,14H,2-6,9-12H2,1H3,(H,20,25). The number of anilines is 1. The molecule has 1 N–H and O–H groups in total. The van der Waals surface area contributed by atoms with E-state index in [0.29, 0.717) is 42.7 Å². The molecule has 2 fully saturated rings. The molecule has 1 aromatic heterocycles. The fraction of sp³-hybridized carbons (Fsp3) is 0.611. The molecule has 6 nitrogen and oxygen atoms in total. The molecule has 0 atom stereocenters. The fourth-order valence-electron chi connectivity index (χ4n) is 3.59. The molecule has 2 heterocycles. The SMILES string of the molecule is CC(=O)N1CCN(c2nc(Cl)ccc2C(=O)NC2CCCCC2)CC1. The minimum atomic E-state index is -0.0833. The molecule has 0 radical (unpaired) electrons. The molecule has 7 heteroatoms. The van der Waals surface area contributed by atoms with Gasteiger partial charge in [-0.25, -0.2) is 4.98 Å². The molecule has 0 aromatic carbocycles. The highest BCUT2D eigenvalue weighted by Crippen LogP contribution is 2.24. The second-order valence-corrected chi connectivity index (χ2v) is 7.19. The highest BCUT2D eigenvalue weighted by Gasteiger charge is 2.25. The number of halogens is 1. The van der Waals surface area contributed by atoms with E-state index in [0.717, 1.165) is 12.8 Å². The average molecular weight is 365 g/mol. The minimum absolute atomic E-state index is 0.0777. The second-order valence-electron chi connectivity index (χ2n) is 6.81. The van der Waals surface area contributed by atoms with Crippen molar-refractivity contribution < 1.29 is 9.59 Å². The topological polar surface area (TPSA) is 65.5 Å². The molecule has 1 saturated carbocycles. The summed E-state index contributed by atoms with van der Waals surface area (Å²) in [7, 11) is 0. The van der Waals surface area contributed by atoms with E-state index >= 15 is 0 Å². The van der Waals surface area contributed by atoms with Gasteiger partial charge in [-0.15, -0.1) is 0 Å². The van der Waals surface area contributed by atoms with Crippen LogP contribution in [0.15, 0.2) is 12.1 Å². The van der Waals surface area contributed by atoms with Crippen molar-refractivity contribution in [3.8, 4) is 0 Å². The molecular formula is C18H25ClN4O2. The van der Waals surface area contributed by atoms with Gasteiger partial charge >= 0.3 is 0 Å². The lowest BCUT2D eigenvalue weighted by Crippen LogP contribution is -2.49. The molecule has 2 amide bonds. The Hall–Kier alpha value is -1.82. The number of hydrogen-bond donors (Lipinski definition) is 1. The monoisotopic (exact) mass is 364 g/mol. The number of piperazine rings is 1. The van der Waals surface area contributed by atoms with Crippen LogP contribution in [0.25, 0.3) is 0 Å². The maximum atomic E-state index is 12.8. The first-order chi connectivity index (χ1) is 12.0. The van der Waals surface area contributed by atoms with Gasteiger partial charge < -0.3 is 15.1 Å². The number of nitrogens with one attached hydrogen (secondary N) is 1. The van der Waals surface area contributed by atoms with Crippen LogP contribution < -0.4 is 10.2 Å². The van der Waals surface area contributed by atoms with E-state index < -0.39 is 0 Å². The fourth-order valence-corrected chi connectivity index (χ4v) is 3.73. The van der Waals surface area contributed by atoms with Gasteiger partial charge in [-0.05, 0) is 25.0 Å². The number of nitrogens with zero attached hydrogens (tertiary/aromatic N) is 3. The van der Waals surface area contributed by atoms with Crippen LogP contribution in [0, 0.1) is 0 Å². The van der Waals surface area contributed by atoms with Gasteiger partial charge in [-0.3, -0.25) is 9.59 Å². The predicted octanol–water partition coefficient (Wildman–Crippen LogP) is 2.47. The molecule has 0 unspecified atom stereocenters. The van der Waals surface area contributed by atoms with Crippen molar-refractivity contribution in [1.82, 2.24) is 15.2 Å². The van der Waals surface area contributed by atoms with Gasteiger partial charge in [0.25, 0.3) is 5.91 Å². The summed E-state index contributed by atoms with van der Waals surface area (Å²) in [5.41, 5.74) is 0.561. The van der Waals surface area contributed by atoms with Crippen LogP contribution in [0.3, 0.4) is 0 Å². The maximum absolute atomic E-state index is 12.8. The smallest absolute Gasteiger partial charge is 0.255 e. The Morgan fingerprint density at radius 1 is 1.12 bits per heavy atom. The van der Waals surface area contributed by atoms with E-state index in [1.165, 1.54) is 19.3 Å². The van der Waals surface area contributed by atoms with E-state index in [1.54, 1.807) is 19.1 Å². The lowest BCUT2D eigenvalue weighted by Gasteiger charge is -2.35. The van der Waals surface area contributed by atoms with Crippen LogP contribution >= 0.6 is 11.6 Å². The minimum Gasteiger partial charge on any atom is -0.352 e. The first kappa shape index (κ1) is 18.0. The summed E-state index contributed by atoms with van der Waals surface area (Å²) in [6.07, 6.45) is 5.67. The zero-order valence-electron chi connectivity index (χ0n) is 14.6. The Morgan fingerprint density at radius 3 is 2.44 bits per heavy atom. The third-order valence-corrected chi connectivity index (χ3v) is 5.26. The van der Waals surface area contributed by atoms with Crippen LogP contribution in [-0.4, -0.2) is 53.9 Å². The van der Waals surface area contributed by atoms with E-state index in [9.17, 15) is 9.59 Å². The van der Waals surface area contributed by atoms with E-state index in [-0.39, 0.29) is 17.9 Å². The molecule has 1 aromatic rings. The van der Waals surface area contributed by atoms with Crippen molar-refractivity contribution in [2.45, 2.75) is 45.1 Å². The summed E-state index contributed by atoms with van der Waals surface area (Å²) in [6.45, 7) is 4.14. The van der Waals surface area contributed by atoms with Gasteiger partial charge in [0, 0.05) is 39.1 Å². The number of carbonyl (C=O) groups excluding carboxylic acids is 2. The molecule has 2 aliphatic rings. The van der Waals surface area contributed by atoms with Crippen molar-refractivity contribution in [3.63, 3.8) is 0 Å². The number of pyridine rings is 1. The summed E-state index contributed by atoms with van der Waals surface area (Å²) in [5.74, 6) is 0.609. The molecule has 25 heavy (non-hydrogen) atoms. The number of amides is 2. The van der Waals surface area contributed by atoms with Crippen LogP contribution in [-0.2, 0) is 4.79 Å². The van der Waals surface area contributed by atoms with Crippen LogP contribution in [0.4, 0.5) is 5.82 Å². The lowest BCUT2D eigenvalue weighted by molar-refractivity contribution is -0.129. The molecule has 1 saturated heterocycles. The highest BCUT2D eigenvalue weighted by molar-refractivity contribution is 6.29. The number of rotatable bonds is 3. The Labute approximate surface area is 153 Å². The molecule has 0 spiro atoms. The summed E-state index contributed by atoms with van der Waals surface area (Å²) in [5, 5.41) is 3.52. The van der Waals surface area contributed by atoms with Crippen LogP contribution in [0.5, 0.6) is 0 Å². The largest absolute Gasteiger partial charge is 0.352 e. The lowest BCUT2D eigenvalue weighted by atomic mass is 9.95. The Balaban J connectivity index is 1.74. The Morgan fingerprint density at radius 2 is 1.80 bits per heavy atom. The molecule has 0 bridgehead atoms. The van der Waals surface area contributed by atoms with Crippen LogP contribution in [0.2, 0.25) is 5.15 Å². The normalized spacial score (nSPS) is 19.0. The quantitative estimate of drug-likeness (QED) is 0.837. The third-order valence-electron chi connectivity index (χ3n) is 5.05. The molecule has 1 aliphatic heterocycles. The van der Waals surface area contributed by atoms with Gasteiger partial charge in [-0.2, -0.15) is 0 Å². The second kappa shape index (κ2) is 8.04. The Bertz CT molecular complexity index is 638. The zero-order chi connectivity index (χ0) is 17.8. The summed E-state index contributed by atoms with van der Waals surface area (Å²) in [4.78, 5) is 32.5. The number of aromatic nitrogens is 1. The van der Waals surface area contributed by atoms with Crippen molar-refractivity contribution in [1.29, 1.82) is 0 Å². The van der Waals surface area contributed by atoms with Crippen molar-refractivity contribution in [3.05, 3.63) is 22.8 Å². The summed E-state index contributed by atoms with van der Waals surface area (Å²) < 4.78 is 0. The van der Waals surface area contributed by atoms with Crippen LogP contribution in [0.1, 0.15) is 49.4 Å².